The average Bonchev–Trinajstić information content (AvgIpc) is 2.38. The van der Waals surface area contributed by atoms with Crippen molar-refractivity contribution in [2.75, 3.05) is 5.32 Å². The van der Waals surface area contributed by atoms with E-state index in [0.29, 0.717) is 10.0 Å². The summed E-state index contributed by atoms with van der Waals surface area (Å²) in [5.41, 5.74) is 1.66. The van der Waals surface area contributed by atoms with E-state index in [2.05, 4.69) is 5.32 Å². The van der Waals surface area contributed by atoms with Crippen molar-refractivity contribution in [3.63, 3.8) is 0 Å². The summed E-state index contributed by atoms with van der Waals surface area (Å²) in [4.78, 5) is 0.0743. The summed E-state index contributed by atoms with van der Waals surface area (Å²) >= 11 is 12.0. The first-order chi connectivity index (χ1) is 9.77. The van der Waals surface area contributed by atoms with Crippen LogP contribution in [0.2, 0.25) is 10.0 Å². The quantitative estimate of drug-likeness (QED) is 0.885. The van der Waals surface area contributed by atoms with Crippen LogP contribution < -0.4 is 10.5 Å². The van der Waals surface area contributed by atoms with E-state index in [0.717, 1.165) is 11.3 Å². The molecule has 0 heterocycles. The van der Waals surface area contributed by atoms with Crippen molar-refractivity contribution in [1.82, 2.24) is 0 Å². The van der Waals surface area contributed by atoms with Gasteiger partial charge in [-0.1, -0.05) is 29.3 Å². The maximum absolute atomic E-state index is 11.2. The molecule has 112 valence electrons. The Hall–Kier alpha value is -1.27. The monoisotopic (exact) mass is 344 g/mol. The van der Waals surface area contributed by atoms with Crippen LogP contribution in [0, 0.1) is 0 Å². The molecule has 1 unspecified atom stereocenters. The van der Waals surface area contributed by atoms with Gasteiger partial charge in [-0.15, -0.1) is 0 Å². The molecular formula is C14H14Cl2N2O2S. The standard InChI is InChI=1S/C14H14Cl2N2O2S/c1-9(13-7-2-10(15)8-14(13)16)18-11-3-5-12(6-4-11)21(17,19)20/h2-9,18H,1H3,(H2,17,19,20). The SMILES string of the molecule is CC(Nc1ccc(S(N)(=O)=O)cc1)c1ccc(Cl)cc1Cl. The van der Waals surface area contributed by atoms with E-state index in [1.807, 2.05) is 13.0 Å². The van der Waals surface area contributed by atoms with Crippen molar-refractivity contribution in [3.8, 4) is 0 Å². The molecule has 0 aliphatic rings. The molecule has 0 aliphatic carbocycles. The van der Waals surface area contributed by atoms with Crippen molar-refractivity contribution in [2.24, 2.45) is 5.14 Å². The third-order valence-corrected chi connectivity index (χ3v) is 4.49. The van der Waals surface area contributed by atoms with Crippen LogP contribution in [0.5, 0.6) is 0 Å². The molecule has 0 fully saturated rings. The zero-order valence-corrected chi connectivity index (χ0v) is 13.5. The van der Waals surface area contributed by atoms with Crippen molar-refractivity contribution in [2.45, 2.75) is 17.9 Å². The smallest absolute Gasteiger partial charge is 0.238 e. The van der Waals surface area contributed by atoms with E-state index >= 15 is 0 Å². The molecular weight excluding hydrogens is 331 g/mol. The zero-order chi connectivity index (χ0) is 15.6. The van der Waals surface area contributed by atoms with Crippen LogP contribution in [0.3, 0.4) is 0 Å². The maximum atomic E-state index is 11.2. The van der Waals surface area contributed by atoms with Crippen LogP contribution in [0.4, 0.5) is 5.69 Å². The summed E-state index contributed by atoms with van der Waals surface area (Å²) < 4.78 is 22.4. The molecule has 0 aliphatic heterocycles. The van der Waals surface area contributed by atoms with Gasteiger partial charge in [0, 0.05) is 21.8 Å². The molecule has 0 aromatic heterocycles. The number of nitrogens with one attached hydrogen (secondary N) is 1. The van der Waals surface area contributed by atoms with Gasteiger partial charge in [-0.25, -0.2) is 13.6 Å². The number of benzene rings is 2. The van der Waals surface area contributed by atoms with Gasteiger partial charge in [0.05, 0.1) is 4.90 Å². The molecule has 0 saturated heterocycles. The fourth-order valence-electron chi connectivity index (χ4n) is 1.92. The number of sulfonamides is 1. The first-order valence-corrected chi connectivity index (χ1v) is 8.42. The molecule has 21 heavy (non-hydrogen) atoms. The number of hydrogen-bond acceptors (Lipinski definition) is 3. The fourth-order valence-corrected chi connectivity index (χ4v) is 3.01. The molecule has 0 radical (unpaired) electrons. The minimum absolute atomic E-state index is 0.0601. The van der Waals surface area contributed by atoms with Gasteiger partial charge in [-0.05, 0) is 48.9 Å². The Morgan fingerprint density at radius 1 is 1.10 bits per heavy atom. The van der Waals surface area contributed by atoms with Crippen LogP contribution in [0.25, 0.3) is 0 Å². The Morgan fingerprint density at radius 2 is 1.71 bits per heavy atom. The number of rotatable bonds is 4. The zero-order valence-electron chi connectivity index (χ0n) is 11.2. The van der Waals surface area contributed by atoms with Gasteiger partial charge in [0.1, 0.15) is 0 Å². The van der Waals surface area contributed by atoms with Gasteiger partial charge in [-0.3, -0.25) is 0 Å². The van der Waals surface area contributed by atoms with Crippen LogP contribution >= 0.6 is 23.2 Å². The van der Waals surface area contributed by atoms with Gasteiger partial charge in [0.2, 0.25) is 10.0 Å². The lowest BCUT2D eigenvalue weighted by Crippen LogP contribution is -2.12. The van der Waals surface area contributed by atoms with Crippen LogP contribution in [0.15, 0.2) is 47.4 Å². The first kappa shape index (κ1) is 16.1. The average molecular weight is 345 g/mol. The lowest BCUT2D eigenvalue weighted by atomic mass is 10.1. The molecule has 0 spiro atoms. The van der Waals surface area contributed by atoms with E-state index in [9.17, 15) is 8.42 Å². The predicted molar refractivity (Wildman–Crippen MR) is 86.3 cm³/mol. The van der Waals surface area contributed by atoms with E-state index in [1.54, 1.807) is 24.3 Å². The minimum atomic E-state index is -3.68. The third-order valence-electron chi connectivity index (χ3n) is 3.00. The van der Waals surface area contributed by atoms with Gasteiger partial charge < -0.3 is 5.32 Å². The molecule has 2 aromatic carbocycles. The Morgan fingerprint density at radius 3 is 2.24 bits per heavy atom. The Kier molecular flexibility index (Phi) is 4.78. The Balaban J connectivity index is 2.18. The van der Waals surface area contributed by atoms with E-state index in [4.69, 9.17) is 28.3 Å². The van der Waals surface area contributed by atoms with Crippen LogP contribution in [0.1, 0.15) is 18.5 Å². The van der Waals surface area contributed by atoms with E-state index in [1.165, 1.54) is 12.1 Å². The highest BCUT2D eigenvalue weighted by Gasteiger charge is 2.11. The van der Waals surface area contributed by atoms with E-state index < -0.39 is 10.0 Å². The second-order valence-corrected chi connectivity index (χ2v) is 7.01. The largest absolute Gasteiger partial charge is 0.378 e. The maximum Gasteiger partial charge on any atom is 0.238 e. The molecule has 7 heteroatoms. The molecule has 2 rings (SSSR count). The Labute approximate surface area is 133 Å². The van der Waals surface area contributed by atoms with Gasteiger partial charge in [0.15, 0.2) is 0 Å². The molecule has 2 aromatic rings. The molecule has 0 amide bonds. The number of hydrogen-bond donors (Lipinski definition) is 2. The number of anilines is 1. The van der Waals surface area contributed by atoms with Crippen molar-refractivity contribution >= 4 is 38.9 Å². The summed E-state index contributed by atoms with van der Waals surface area (Å²) in [5.74, 6) is 0. The van der Waals surface area contributed by atoms with Gasteiger partial charge in [-0.2, -0.15) is 0 Å². The molecule has 1 atom stereocenters. The summed E-state index contributed by atoms with van der Waals surface area (Å²) in [6.45, 7) is 1.95. The third kappa shape index (κ3) is 4.11. The van der Waals surface area contributed by atoms with Gasteiger partial charge >= 0.3 is 0 Å². The Bertz CT molecular complexity index is 746. The van der Waals surface area contributed by atoms with Crippen molar-refractivity contribution in [1.29, 1.82) is 0 Å². The fraction of sp³-hybridized carbons (Fsp3) is 0.143. The summed E-state index contributed by atoms with van der Waals surface area (Å²) in [6, 6.07) is 11.4. The van der Waals surface area contributed by atoms with Crippen LogP contribution in [-0.2, 0) is 10.0 Å². The topological polar surface area (TPSA) is 72.2 Å². The van der Waals surface area contributed by atoms with Crippen molar-refractivity contribution in [3.05, 3.63) is 58.1 Å². The lowest BCUT2D eigenvalue weighted by Gasteiger charge is -2.17. The summed E-state index contributed by atoms with van der Waals surface area (Å²) in [5, 5.41) is 9.44. The molecule has 0 saturated carbocycles. The first-order valence-electron chi connectivity index (χ1n) is 6.12. The van der Waals surface area contributed by atoms with Gasteiger partial charge in [0.25, 0.3) is 0 Å². The second-order valence-electron chi connectivity index (χ2n) is 4.60. The normalized spacial score (nSPS) is 13.0. The minimum Gasteiger partial charge on any atom is -0.378 e. The van der Waals surface area contributed by atoms with E-state index in [-0.39, 0.29) is 10.9 Å². The highest BCUT2D eigenvalue weighted by molar-refractivity contribution is 7.89. The predicted octanol–water partition coefficient (Wildman–Crippen LogP) is 3.81. The second kappa shape index (κ2) is 6.23. The molecule has 3 N–H and O–H groups in total. The molecule has 4 nitrogen and oxygen atoms in total. The molecule has 0 bridgehead atoms. The number of halogens is 2. The number of primary sulfonamides is 1. The van der Waals surface area contributed by atoms with Crippen molar-refractivity contribution < 1.29 is 8.42 Å². The lowest BCUT2D eigenvalue weighted by molar-refractivity contribution is 0.598. The summed E-state index contributed by atoms with van der Waals surface area (Å²) in [7, 11) is -3.68. The number of nitrogens with two attached hydrogens (primary N) is 1. The summed E-state index contributed by atoms with van der Waals surface area (Å²) in [6.07, 6.45) is 0. The van der Waals surface area contributed by atoms with Crippen LogP contribution in [-0.4, -0.2) is 8.42 Å². The highest BCUT2D eigenvalue weighted by Crippen LogP contribution is 2.28. The highest BCUT2D eigenvalue weighted by atomic mass is 35.5.